The molecular formula is C16H9BrN2O2. The largest absolute Gasteiger partial charge is 0.270 e. The second kappa shape index (κ2) is 5.15. The van der Waals surface area contributed by atoms with Crippen molar-refractivity contribution in [2.45, 2.75) is 6.54 Å². The average Bonchev–Trinajstić information content (AvgIpc) is 2.73. The molecule has 0 aromatic heterocycles. The molecule has 2 aromatic carbocycles. The summed E-state index contributed by atoms with van der Waals surface area (Å²) in [6.45, 7) is 0.191. The summed E-state index contributed by atoms with van der Waals surface area (Å²) in [5.74, 6) is -0.563. The molecule has 5 heteroatoms. The summed E-state index contributed by atoms with van der Waals surface area (Å²) in [5, 5.41) is 8.90. The minimum absolute atomic E-state index is 0.191. The van der Waals surface area contributed by atoms with E-state index >= 15 is 0 Å². The van der Waals surface area contributed by atoms with E-state index in [0.29, 0.717) is 21.2 Å². The quantitative estimate of drug-likeness (QED) is 0.789. The van der Waals surface area contributed by atoms with Crippen LogP contribution in [0.3, 0.4) is 0 Å². The van der Waals surface area contributed by atoms with E-state index < -0.39 is 0 Å². The van der Waals surface area contributed by atoms with E-state index in [9.17, 15) is 9.59 Å². The van der Waals surface area contributed by atoms with Gasteiger partial charge in [0.1, 0.15) is 6.07 Å². The van der Waals surface area contributed by atoms with Crippen molar-refractivity contribution >= 4 is 27.7 Å². The maximum atomic E-state index is 12.3. The third-order valence-electron chi connectivity index (χ3n) is 3.37. The molecule has 0 bridgehead atoms. The zero-order valence-electron chi connectivity index (χ0n) is 10.8. The Hall–Kier alpha value is -2.45. The van der Waals surface area contributed by atoms with Crippen molar-refractivity contribution in [3.63, 3.8) is 0 Å². The zero-order valence-corrected chi connectivity index (χ0v) is 12.4. The van der Waals surface area contributed by atoms with Crippen LogP contribution < -0.4 is 0 Å². The smallest absolute Gasteiger partial charge is 0.261 e. The minimum atomic E-state index is -0.281. The van der Waals surface area contributed by atoms with E-state index in [1.807, 2.05) is 0 Å². The summed E-state index contributed by atoms with van der Waals surface area (Å²) in [6, 6.07) is 14.0. The number of halogens is 1. The van der Waals surface area contributed by atoms with Crippen LogP contribution in [0.5, 0.6) is 0 Å². The van der Waals surface area contributed by atoms with Gasteiger partial charge in [-0.05, 0) is 45.8 Å². The number of rotatable bonds is 2. The van der Waals surface area contributed by atoms with E-state index in [1.54, 1.807) is 42.5 Å². The Bertz CT molecular complexity index is 773. The molecule has 1 aliphatic heterocycles. The number of nitrogens with zero attached hydrogens (tertiary/aromatic N) is 2. The van der Waals surface area contributed by atoms with Gasteiger partial charge in [-0.2, -0.15) is 5.26 Å². The van der Waals surface area contributed by atoms with Crippen molar-refractivity contribution in [1.29, 1.82) is 5.26 Å². The van der Waals surface area contributed by atoms with Gasteiger partial charge < -0.3 is 0 Å². The number of imide groups is 1. The number of carbonyl (C=O) groups is 2. The lowest BCUT2D eigenvalue weighted by Gasteiger charge is -2.14. The van der Waals surface area contributed by atoms with Gasteiger partial charge in [0.05, 0.1) is 23.2 Å². The molecule has 2 amide bonds. The van der Waals surface area contributed by atoms with Crippen molar-refractivity contribution in [1.82, 2.24) is 4.90 Å². The molecule has 1 heterocycles. The highest BCUT2D eigenvalue weighted by molar-refractivity contribution is 9.10. The summed E-state index contributed by atoms with van der Waals surface area (Å²) in [7, 11) is 0. The Morgan fingerprint density at radius 3 is 2.19 bits per heavy atom. The Kier molecular flexibility index (Phi) is 3.32. The summed E-state index contributed by atoms with van der Waals surface area (Å²) in [4.78, 5) is 25.7. The zero-order chi connectivity index (χ0) is 15.0. The van der Waals surface area contributed by atoms with Crippen LogP contribution in [-0.4, -0.2) is 16.7 Å². The van der Waals surface area contributed by atoms with Crippen LogP contribution in [0.4, 0.5) is 0 Å². The van der Waals surface area contributed by atoms with Crippen molar-refractivity contribution in [3.8, 4) is 6.07 Å². The van der Waals surface area contributed by atoms with Gasteiger partial charge in [-0.3, -0.25) is 14.5 Å². The Morgan fingerprint density at radius 1 is 1.05 bits per heavy atom. The monoisotopic (exact) mass is 340 g/mol. The molecule has 0 atom stereocenters. The van der Waals surface area contributed by atoms with Crippen LogP contribution in [0.1, 0.15) is 31.8 Å². The SMILES string of the molecule is N#Cc1ccc(CN2C(=O)c3ccccc3C2=O)cc1Br. The number of hydrogen-bond acceptors (Lipinski definition) is 3. The second-order valence-electron chi connectivity index (χ2n) is 4.67. The van der Waals surface area contributed by atoms with Gasteiger partial charge in [-0.1, -0.05) is 18.2 Å². The summed E-state index contributed by atoms with van der Waals surface area (Å²) in [5.41, 5.74) is 2.18. The molecular weight excluding hydrogens is 332 g/mol. The van der Waals surface area contributed by atoms with E-state index in [2.05, 4.69) is 22.0 Å². The molecule has 0 saturated carbocycles. The first-order valence-electron chi connectivity index (χ1n) is 6.25. The van der Waals surface area contributed by atoms with Crippen LogP contribution in [0.2, 0.25) is 0 Å². The third-order valence-corrected chi connectivity index (χ3v) is 4.03. The molecule has 1 aliphatic rings. The number of hydrogen-bond donors (Lipinski definition) is 0. The number of nitriles is 1. The molecule has 0 fully saturated rings. The topological polar surface area (TPSA) is 61.2 Å². The lowest BCUT2D eigenvalue weighted by atomic mass is 10.1. The highest BCUT2D eigenvalue weighted by atomic mass is 79.9. The molecule has 0 saturated heterocycles. The molecule has 102 valence electrons. The van der Waals surface area contributed by atoms with E-state index in [0.717, 1.165) is 5.56 Å². The normalized spacial score (nSPS) is 13.2. The highest BCUT2D eigenvalue weighted by Crippen LogP contribution is 2.25. The van der Waals surface area contributed by atoms with Gasteiger partial charge in [-0.15, -0.1) is 0 Å². The molecule has 21 heavy (non-hydrogen) atoms. The van der Waals surface area contributed by atoms with Crippen LogP contribution in [0.15, 0.2) is 46.9 Å². The van der Waals surface area contributed by atoms with Gasteiger partial charge in [0, 0.05) is 4.47 Å². The van der Waals surface area contributed by atoms with E-state index in [1.165, 1.54) is 4.90 Å². The predicted molar refractivity (Wildman–Crippen MR) is 79.5 cm³/mol. The number of amides is 2. The average molecular weight is 341 g/mol. The van der Waals surface area contributed by atoms with Gasteiger partial charge >= 0.3 is 0 Å². The van der Waals surface area contributed by atoms with Gasteiger partial charge in [0.15, 0.2) is 0 Å². The first-order valence-corrected chi connectivity index (χ1v) is 7.05. The van der Waals surface area contributed by atoms with Crippen molar-refractivity contribution in [3.05, 3.63) is 69.2 Å². The lowest BCUT2D eigenvalue weighted by Crippen LogP contribution is -2.29. The van der Waals surface area contributed by atoms with Gasteiger partial charge in [0.25, 0.3) is 11.8 Å². The maximum absolute atomic E-state index is 12.3. The molecule has 3 rings (SSSR count). The number of benzene rings is 2. The standard InChI is InChI=1S/C16H9BrN2O2/c17-14-7-10(5-6-11(14)8-18)9-19-15(20)12-3-1-2-4-13(12)16(19)21/h1-7H,9H2. The molecule has 0 radical (unpaired) electrons. The second-order valence-corrected chi connectivity index (χ2v) is 5.52. The predicted octanol–water partition coefficient (Wildman–Crippen LogP) is 3.12. The summed E-state index contributed by atoms with van der Waals surface area (Å²) < 4.78 is 0.652. The maximum Gasteiger partial charge on any atom is 0.261 e. The number of fused-ring (bicyclic) bond motifs is 1. The summed E-state index contributed by atoms with van der Waals surface area (Å²) >= 11 is 3.30. The van der Waals surface area contributed by atoms with E-state index in [-0.39, 0.29) is 18.4 Å². The van der Waals surface area contributed by atoms with E-state index in [4.69, 9.17) is 5.26 Å². The first kappa shape index (κ1) is 13.5. The molecule has 0 unspecified atom stereocenters. The van der Waals surface area contributed by atoms with Crippen molar-refractivity contribution in [2.75, 3.05) is 0 Å². The fourth-order valence-electron chi connectivity index (χ4n) is 2.31. The van der Waals surface area contributed by atoms with Gasteiger partial charge in [-0.25, -0.2) is 0 Å². The molecule has 4 nitrogen and oxygen atoms in total. The molecule has 0 N–H and O–H groups in total. The Morgan fingerprint density at radius 2 is 1.67 bits per heavy atom. The highest BCUT2D eigenvalue weighted by Gasteiger charge is 2.34. The molecule has 0 aliphatic carbocycles. The minimum Gasteiger partial charge on any atom is -0.270 e. The van der Waals surface area contributed by atoms with Gasteiger partial charge in [0.2, 0.25) is 0 Å². The van der Waals surface area contributed by atoms with Crippen LogP contribution in [0.25, 0.3) is 0 Å². The first-order chi connectivity index (χ1) is 10.1. The van der Waals surface area contributed by atoms with Crippen molar-refractivity contribution in [2.24, 2.45) is 0 Å². The van der Waals surface area contributed by atoms with Crippen LogP contribution >= 0.6 is 15.9 Å². The molecule has 0 spiro atoms. The fraction of sp³-hybridized carbons (Fsp3) is 0.0625. The fourth-order valence-corrected chi connectivity index (χ4v) is 2.83. The summed E-state index contributed by atoms with van der Waals surface area (Å²) in [6.07, 6.45) is 0. The third kappa shape index (κ3) is 2.24. The van der Waals surface area contributed by atoms with Crippen molar-refractivity contribution < 1.29 is 9.59 Å². The Balaban J connectivity index is 1.91. The molecule has 2 aromatic rings. The lowest BCUT2D eigenvalue weighted by molar-refractivity contribution is 0.0642. The van der Waals surface area contributed by atoms with Crippen LogP contribution in [-0.2, 0) is 6.54 Å². The van der Waals surface area contributed by atoms with Crippen LogP contribution in [0, 0.1) is 11.3 Å². The Labute approximate surface area is 129 Å². The number of carbonyl (C=O) groups excluding carboxylic acids is 2.